The molecule has 0 heterocycles. The van der Waals surface area contributed by atoms with Crippen molar-refractivity contribution in [3.8, 4) is 5.75 Å². The first-order chi connectivity index (χ1) is 7.19. The topological polar surface area (TPSA) is 35.5 Å². The Morgan fingerprint density at radius 3 is 2.33 bits per heavy atom. The van der Waals surface area contributed by atoms with Crippen molar-refractivity contribution in [3.63, 3.8) is 0 Å². The third-order valence-electron chi connectivity index (χ3n) is 1.69. The van der Waals surface area contributed by atoms with Gasteiger partial charge >= 0.3 is 0 Å². The maximum atomic E-state index is 13.2. The van der Waals surface area contributed by atoms with Gasteiger partial charge in [-0.3, -0.25) is 4.79 Å². The summed E-state index contributed by atoms with van der Waals surface area (Å²) in [5.74, 6) is -2.28. The predicted octanol–water partition coefficient (Wildman–Crippen LogP) is 1.80. The second-order valence-corrected chi connectivity index (χ2v) is 2.77. The van der Waals surface area contributed by atoms with Crippen molar-refractivity contribution >= 4 is 6.29 Å². The summed E-state index contributed by atoms with van der Waals surface area (Å²) in [6.45, 7) is 0.277. The van der Waals surface area contributed by atoms with Gasteiger partial charge in [-0.25, -0.2) is 8.78 Å². The number of aldehydes is 1. The number of ether oxygens (including phenoxy) is 2. The van der Waals surface area contributed by atoms with Gasteiger partial charge in [0.1, 0.15) is 12.9 Å². The summed E-state index contributed by atoms with van der Waals surface area (Å²) < 4.78 is 35.8. The molecule has 0 aliphatic heterocycles. The molecule has 0 radical (unpaired) electrons. The van der Waals surface area contributed by atoms with Gasteiger partial charge in [-0.1, -0.05) is 0 Å². The number of methoxy groups -OCH3 is 1. The Morgan fingerprint density at radius 2 is 1.87 bits per heavy atom. The summed E-state index contributed by atoms with van der Waals surface area (Å²) in [7, 11) is 1.45. The number of hydrogen-bond acceptors (Lipinski definition) is 3. The van der Waals surface area contributed by atoms with Crippen LogP contribution >= 0.6 is 0 Å². The molecular weight excluding hydrogens is 206 g/mol. The normalized spacial score (nSPS) is 10.1. The maximum Gasteiger partial charge on any atom is 0.190 e. The largest absolute Gasteiger partial charge is 0.485 e. The Labute approximate surface area is 85.6 Å². The molecule has 0 aromatic heterocycles. The average molecular weight is 216 g/mol. The van der Waals surface area contributed by atoms with E-state index in [0.29, 0.717) is 6.29 Å². The molecule has 0 aliphatic rings. The molecule has 0 atom stereocenters. The Hall–Kier alpha value is -1.49. The van der Waals surface area contributed by atoms with Crippen molar-refractivity contribution in [3.05, 3.63) is 29.3 Å². The molecule has 0 bridgehead atoms. The number of hydrogen-bond donors (Lipinski definition) is 0. The van der Waals surface area contributed by atoms with Gasteiger partial charge < -0.3 is 9.47 Å². The first-order valence-electron chi connectivity index (χ1n) is 4.25. The zero-order valence-electron chi connectivity index (χ0n) is 8.13. The highest BCUT2D eigenvalue weighted by atomic mass is 19.1. The molecule has 0 aliphatic carbocycles. The lowest BCUT2D eigenvalue weighted by Crippen LogP contribution is -2.07. The lowest BCUT2D eigenvalue weighted by Gasteiger charge is -2.07. The first-order valence-corrected chi connectivity index (χ1v) is 4.25. The number of rotatable bonds is 5. The fraction of sp³-hybridized carbons (Fsp3) is 0.300. The minimum atomic E-state index is -0.895. The second kappa shape index (κ2) is 5.41. The van der Waals surface area contributed by atoms with E-state index in [2.05, 4.69) is 4.74 Å². The van der Waals surface area contributed by atoms with E-state index in [1.165, 1.54) is 7.11 Å². The Balaban J connectivity index is 2.83. The molecule has 0 saturated carbocycles. The van der Waals surface area contributed by atoms with Crippen LogP contribution in [0.25, 0.3) is 0 Å². The molecule has 1 aromatic rings. The Morgan fingerprint density at radius 1 is 1.27 bits per heavy atom. The third kappa shape index (κ3) is 2.99. The molecular formula is C10H10F2O3. The summed E-state index contributed by atoms with van der Waals surface area (Å²) >= 11 is 0. The van der Waals surface area contributed by atoms with E-state index in [9.17, 15) is 13.6 Å². The lowest BCUT2D eigenvalue weighted by atomic mass is 10.2. The minimum absolute atomic E-state index is 0.0464. The SMILES string of the molecule is COCCOc1c(F)cc(C=O)cc1F. The van der Waals surface area contributed by atoms with E-state index in [4.69, 9.17) is 4.74 Å². The number of carbonyl (C=O) groups excluding carboxylic acids is 1. The zero-order valence-corrected chi connectivity index (χ0v) is 8.13. The van der Waals surface area contributed by atoms with E-state index >= 15 is 0 Å². The molecule has 1 aromatic carbocycles. The summed E-state index contributed by atoms with van der Waals surface area (Å²) in [6, 6.07) is 1.83. The standard InChI is InChI=1S/C10H10F2O3/c1-14-2-3-15-10-8(11)4-7(6-13)5-9(10)12/h4-6H,2-3H2,1H3. The summed E-state index contributed by atoms with van der Waals surface area (Å²) in [6.07, 6.45) is 0.366. The predicted molar refractivity (Wildman–Crippen MR) is 49.1 cm³/mol. The van der Waals surface area contributed by atoms with Gasteiger partial charge in [-0.2, -0.15) is 0 Å². The van der Waals surface area contributed by atoms with Crippen molar-refractivity contribution in [2.45, 2.75) is 0 Å². The molecule has 5 heteroatoms. The van der Waals surface area contributed by atoms with E-state index in [0.717, 1.165) is 12.1 Å². The first kappa shape index (κ1) is 11.6. The Bertz CT molecular complexity index is 330. The van der Waals surface area contributed by atoms with Crippen molar-refractivity contribution in [2.24, 2.45) is 0 Å². The van der Waals surface area contributed by atoms with Crippen LogP contribution in [0.5, 0.6) is 5.75 Å². The molecule has 0 unspecified atom stereocenters. The molecule has 0 amide bonds. The highest BCUT2D eigenvalue weighted by Crippen LogP contribution is 2.22. The molecule has 0 N–H and O–H groups in total. The van der Waals surface area contributed by atoms with Crippen LogP contribution in [0.1, 0.15) is 10.4 Å². The van der Waals surface area contributed by atoms with E-state index < -0.39 is 17.4 Å². The molecule has 82 valence electrons. The summed E-state index contributed by atoms with van der Waals surface area (Å²) in [5, 5.41) is 0. The van der Waals surface area contributed by atoms with Gasteiger partial charge in [0.2, 0.25) is 0 Å². The van der Waals surface area contributed by atoms with Crippen LogP contribution in [0.3, 0.4) is 0 Å². The molecule has 3 nitrogen and oxygen atoms in total. The van der Waals surface area contributed by atoms with Gasteiger partial charge in [-0.05, 0) is 12.1 Å². The second-order valence-electron chi connectivity index (χ2n) is 2.77. The average Bonchev–Trinajstić information content (AvgIpc) is 2.22. The van der Waals surface area contributed by atoms with E-state index in [1.807, 2.05) is 0 Å². The van der Waals surface area contributed by atoms with Crippen molar-refractivity contribution in [1.82, 2.24) is 0 Å². The van der Waals surface area contributed by atoms with Crippen LogP contribution in [0.15, 0.2) is 12.1 Å². The summed E-state index contributed by atoms with van der Waals surface area (Å²) in [4.78, 5) is 10.3. The molecule has 1 rings (SSSR count). The van der Waals surface area contributed by atoms with Crippen LogP contribution in [0, 0.1) is 11.6 Å². The fourth-order valence-electron chi connectivity index (χ4n) is 1.01. The smallest absolute Gasteiger partial charge is 0.190 e. The number of benzene rings is 1. The minimum Gasteiger partial charge on any atom is -0.485 e. The van der Waals surface area contributed by atoms with Gasteiger partial charge in [0, 0.05) is 12.7 Å². The van der Waals surface area contributed by atoms with E-state index in [-0.39, 0.29) is 18.8 Å². The highest BCUT2D eigenvalue weighted by Gasteiger charge is 2.12. The van der Waals surface area contributed by atoms with Crippen molar-refractivity contribution in [2.75, 3.05) is 20.3 Å². The summed E-state index contributed by atoms with van der Waals surface area (Å²) in [5.41, 5.74) is -0.0657. The maximum absolute atomic E-state index is 13.2. The molecule has 15 heavy (non-hydrogen) atoms. The van der Waals surface area contributed by atoms with Gasteiger partial charge in [0.25, 0.3) is 0 Å². The monoisotopic (exact) mass is 216 g/mol. The van der Waals surface area contributed by atoms with Crippen molar-refractivity contribution in [1.29, 1.82) is 0 Å². The van der Waals surface area contributed by atoms with Crippen molar-refractivity contribution < 1.29 is 23.0 Å². The number of halogens is 2. The highest BCUT2D eigenvalue weighted by molar-refractivity contribution is 5.75. The Kier molecular flexibility index (Phi) is 4.17. The van der Waals surface area contributed by atoms with Crippen LogP contribution < -0.4 is 4.74 Å². The number of carbonyl (C=O) groups is 1. The molecule has 0 spiro atoms. The molecule has 0 fully saturated rings. The molecule has 0 saturated heterocycles. The van der Waals surface area contributed by atoms with Gasteiger partial charge in [0.05, 0.1) is 6.61 Å². The lowest BCUT2D eigenvalue weighted by molar-refractivity contribution is 0.112. The van der Waals surface area contributed by atoms with Crippen LogP contribution in [-0.2, 0) is 4.74 Å². The van der Waals surface area contributed by atoms with E-state index in [1.54, 1.807) is 0 Å². The van der Waals surface area contributed by atoms with Crippen LogP contribution in [-0.4, -0.2) is 26.6 Å². The van der Waals surface area contributed by atoms with Crippen LogP contribution in [0.2, 0.25) is 0 Å². The van der Waals surface area contributed by atoms with Gasteiger partial charge in [0.15, 0.2) is 17.4 Å². The van der Waals surface area contributed by atoms with Crippen LogP contribution in [0.4, 0.5) is 8.78 Å². The zero-order chi connectivity index (χ0) is 11.3. The van der Waals surface area contributed by atoms with Gasteiger partial charge in [-0.15, -0.1) is 0 Å². The third-order valence-corrected chi connectivity index (χ3v) is 1.69. The fourth-order valence-corrected chi connectivity index (χ4v) is 1.01. The quantitative estimate of drug-likeness (QED) is 0.556.